The Bertz CT molecular complexity index is 402. The summed E-state index contributed by atoms with van der Waals surface area (Å²) in [5.74, 6) is 6.78. The van der Waals surface area contributed by atoms with E-state index in [9.17, 15) is 0 Å². The summed E-state index contributed by atoms with van der Waals surface area (Å²) in [5, 5.41) is 0. The maximum absolute atomic E-state index is 5.89. The SMILES string of the molecule is CCOc1cccc(C(NN)C(CC)(CC)N(C)C)c1. The smallest absolute Gasteiger partial charge is 0.119 e. The number of benzene rings is 1. The van der Waals surface area contributed by atoms with Crippen LogP contribution in [0, 0.1) is 0 Å². The molecular formula is C16H29N3O. The van der Waals surface area contributed by atoms with Crippen LogP contribution in [-0.4, -0.2) is 31.1 Å². The molecule has 0 saturated heterocycles. The van der Waals surface area contributed by atoms with E-state index in [4.69, 9.17) is 10.6 Å². The molecule has 1 unspecified atom stereocenters. The molecule has 0 amide bonds. The molecule has 1 rings (SSSR count). The molecule has 4 nitrogen and oxygen atoms in total. The highest BCUT2D eigenvalue weighted by atomic mass is 16.5. The Morgan fingerprint density at radius 3 is 2.35 bits per heavy atom. The second-order valence-corrected chi connectivity index (χ2v) is 5.31. The molecule has 4 heteroatoms. The Labute approximate surface area is 123 Å². The Morgan fingerprint density at radius 1 is 1.25 bits per heavy atom. The minimum absolute atomic E-state index is 0.0143. The minimum Gasteiger partial charge on any atom is -0.494 e. The minimum atomic E-state index is -0.0143. The average molecular weight is 279 g/mol. The predicted octanol–water partition coefficient (Wildman–Crippen LogP) is 2.71. The van der Waals surface area contributed by atoms with Gasteiger partial charge >= 0.3 is 0 Å². The van der Waals surface area contributed by atoms with E-state index >= 15 is 0 Å². The summed E-state index contributed by atoms with van der Waals surface area (Å²) < 4.78 is 5.60. The van der Waals surface area contributed by atoms with Crippen LogP contribution in [-0.2, 0) is 0 Å². The van der Waals surface area contributed by atoms with Gasteiger partial charge < -0.3 is 9.64 Å². The first-order chi connectivity index (χ1) is 9.55. The van der Waals surface area contributed by atoms with Crippen LogP contribution in [0.15, 0.2) is 24.3 Å². The molecule has 0 fully saturated rings. The van der Waals surface area contributed by atoms with Gasteiger partial charge in [-0.1, -0.05) is 26.0 Å². The van der Waals surface area contributed by atoms with Crippen molar-refractivity contribution in [2.45, 2.75) is 45.2 Å². The summed E-state index contributed by atoms with van der Waals surface area (Å²) >= 11 is 0. The lowest BCUT2D eigenvalue weighted by molar-refractivity contribution is 0.0881. The molecule has 0 bridgehead atoms. The molecule has 3 N–H and O–H groups in total. The molecule has 0 aliphatic heterocycles. The lowest BCUT2D eigenvalue weighted by Gasteiger charge is -2.45. The molecule has 114 valence electrons. The number of nitrogens with zero attached hydrogens (tertiary/aromatic N) is 1. The van der Waals surface area contributed by atoms with Crippen molar-refractivity contribution in [3.63, 3.8) is 0 Å². The molecule has 1 aromatic rings. The molecule has 0 spiro atoms. The fourth-order valence-corrected chi connectivity index (χ4v) is 3.06. The van der Waals surface area contributed by atoms with Crippen LogP contribution in [0.1, 0.15) is 45.2 Å². The van der Waals surface area contributed by atoms with Gasteiger partial charge in [-0.25, -0.2) is 0 Å². The van der Waals surface area contributed by atoms with E-state index < -0.39 is 0 Å². The van der Waals surface area contributed by atoms with E-state index in [0.717, 1.165) is 24.2 Å². The van der Waals surface area contributed by atoms with Gasteiger partial charge in [0.25, 0.3) is 0 Å². The first-order valence-electron chi connectivity index (χ1n) is 7.42. The molecule has 0 aliphatic carbocycles. The van der Waals surface area contributed by atoms with Crippen molar-refractivity contribution >= 4 is 0 Å². The number of hydrogen-bond donors (Lipinski definition) is 2. The number of ether oxygens (including phenoxy) is 1. The van der Waals surface area contributed by atoms with Gasteiger partial charge in [-0.15, -0.1) is 0 Å². The normalized spacial score (nSPS) is 13.6. The standard InChI is InChI=1S/C16H29N3O/c1-6-16(7-2,19(4)5)15(18-17)13-10-9-11-14(12-13)20-8-3/h9-12,15,18H,6-8,17H2,1-5H3. The van der Waals surface area contributed by atoms with Gasteiger partial charge in [0.05, 0.1) is 12.6 Å². The van der Waals surface area contributed by atoms with Crippen molar-refractivity contribution in [3.8, 4) is 5.75 Å². The summed E-state index contributed by atoms with van der Waals surface area (Å²) in [6, 6.07) is 8.26. The Hall–Kier alpha value is -1.10. The summed E-state index contributed by atoms with van der Waals surface area (Å²) in [5.41, 5.74) is 4.16. The van der Waals surface area contributed by atoms with E-state index in [0.29, 0.717) is 6.61 Å². The summed E-state index contributed by atoms with van der Waals surface area (Å²) in [6.07, 6.45) is 2.04. The van der Waals surface area contributed by atoms with E-state index in [-0.39, 0.29) is 11.6 Å². The van der Waals surface area contributed by atoms with Crippen LogP contribution in [0.2, 0.25) is 0 Å². The van der Waals surface area contributed by atoms with E-state index in [2.05, 4.69) is 50.4 Å². The highest BCUT2D eigenvalue weighted by Crippen LogP contribution is 2.36. The van der Waals surface area contributed by atoms with Gasteiger partial charge in [0.2, 0.25) is 0 Å². The Kier molecular flexibility index (Phi) is 6.46. The first kappa shape index (κ1) is 17.0. The summed E-state index contributed by atoms with van der Waals surface area (Å²) in [6.45, 7) is 7.08. The van der Waals surface area contributed by atoms with Gasteiger partial charge in [-0.05, 0) is 51.6 Å². The lowest BCUT2D eigenvalue weighted by Crippen LogP contribution is -2.54. The largest absolute Gasteiger partial charge is 0.494 e. The van der Waals surface area contributed by atoms with E-state index in [1.54, 1.807) is 0 Å². The van der Waals surface area contributed by atoms with Crippen molar-refractivity contribution in [3.05, 3.63) is 29.8 Å². The maximum atomic E-state index is 5.89. The number of rotatable bonds is 8. The zero-order valence-corrected chi connectivity index (χ0v) is 13.4. The zero-order valence-electron chi connectivity index (χ0n) is 13.4. The maximum Gasteiger partial charge on any atom is 0.119 e. The molecule has 0 radical (unpaired) electrons. The highest BCUT2D eigenvalue weighted by molar-refractivity contribution is 5.32. The van der Waals surface area contributed by atoms with Gasteiger partial charge in [-0.2, -0.15) is 0 Å². The van der Waals surface area contributed by atoms with Crippen molar-refractivity contribution < 1.29 is 4.74 Å². The molecule has 0 aliphatic rings. The van der Waals surface area contributed by atoms with Crippen LogP contribution >= 0.6 is 0 Å². The van der Waals surface area contributed by atoms with Crippen LogP contribution in [0.25, 0.3) is 0 Å². The van der Waals surface area contributed by atoms with Gasteiger partial charge in [0.15, 0.2) is 0 Å². The topological polar surface area (TPSA) is 50.5 Å². The highest BCUT2D eigenvalue weighted by Gasteiger charge is 2.38. The van der Waals surface area contributed by atoms with Crippen molar-refractivity contribution in [1.29, 1.82) is 0 Å². The van der Waals surface area contributed by atoms with E-state index in [1.807, 2.05) is 19.1 Å². The van der Waals surface area contributed by atoms with Crippen LogP contribution in [0.3, 0.4) is 0 Å². The zero-order chi connectivity index (χ0) is 15.2. The third-order valence-corrected chi connectivity index (χ3v) is 4.32. The van der Waals surface area contributed by atoms with Gasteiger partial charge in [0.1, 0.15) is 5.75 Å². The number of hydrogen-bond acceptors (Lipinski definition) is 4. The first-order valence-corrected chi connectivity index (χ1v) is 7.42. The van der Waals surface area contributed by atoms with E-state index in [1.165, 1.54) is 0 Å². The van der Waals surface area contributed by atoms with Crippen LogP contribution in [0.4, 0.5) is 0 Å². The number of nitrogens with two attached hydrogens (primary N) is 1. The van der Waals surface area contributed by atoms with Crippen LogP contribution < -0.4 is 16.0 Å². The molecular weight excluding hydrogens is 250 g/mol. The molecule has 1 atom stereocenters. The lowest BCUT2D eigenvalue weighted by atomic mass is 9.80. The fraction of sp³-hybridized carbons (Fsp3) is 0.625. The van der Waals surface area contributed by atoms with Crippen molar-refractivity contribution in [1.82, 2.24) is 10.3 Å². The number of likely N-dealkylation sites (N-methyl/N-ethyl adjacent to an activating group) is 1. The number of hydrazine groups is 1. The molecule has 0 saturated carbocycles. The fourth-order valence-electron chi connectivity index (χ4n) is 3.06. The third kappa shape index (κ3) is 3.32. The number of nitrogens with one attached hydrogen (secondary N) is 1. The van der Waals surface area contributed by atoms with Crippen molar-refractivity contribution in [2.75, 3.05) is 20.7 Å². The Balaban J connectivity index is 3.19. The Morgan fingerprint density at radius 2 is 1.90 bits per heavy atom. The summed E-state index contributed by atoms with van der Waals surface area (Å²) in [4.78, 5) is 2.27. The van der Waals surface area contributed by atoms with Gasteiger partial charge in [-0.3, -0.25) is 11.3 Å². The second kappa shape index (κ2) is 7.62. The predicted molar refractivity (Wildman–Crippen MR) is 84.7 cm³/mol. The quantitative estimate of drug-likeness (QED) is 0.567. The monoisotopic (exact) mass is 279 g/mol. The third-order valence-electron chi connectivity index (χ3n) is 4.32. The van der Waals surface area contributed by atoms with Crippen LogP contribution in [0.5, 0.6) is 5.75 Å². The molecule has 0 heterocycles. The van der Waals surface area contributed by atoms with Gasteiger partial charge in [0, 0.05) is 5.54 Å². The molecule has 1 aromatic carbocycles. The summed E-state index contributed by atoms with van der Waals surface area (Å²) in [7, 11) is 4.23. The average Bonchev–Trinajstić information content (AvgIpc) is 2.45. The molecule has 20 heavy (non-hydrogen) atoms. The second-order valence-electron chi connectivity index (χ2n) is 5.31. The van der Waals surface area contributed by atoms with Crippen molar-refractivity contribution in [2.24, 2.45) is 5.84 Å². The molecule has 0 aromatic heterocycles.